The van der Waals surface area contributed by atoms with Crippen molar-refractivity contribution in [3.63, 3.8) is 0 Å². The van der Waals surface area contributed by atoms with Crippen molar-refractivity contribution in [2.45, 2.75) is 108 Å². The number of anilines is 3. The molecule has 1 aliphatic heterocycles. The number of nitrogens with zero attached hydrogens (tertiary/aromatic N) is 1. The zero-order valence-electron chi connectivity index (χ0n) is 40.0. The molecular formula is C48H61N7O13S2. The van der Waals surface area contributed by atoms with Crippen molar-refractivity contribution in [1.82, 2.24) is 20.9 Å². The fourth-order valence-electron chi connectivity index (χ4n) is 8.48. The smallest absolute Gasteiger partial charge is 0.296 e. The number of nitrogens with two attached hydrogens (primary N) is 2. The Kier molecular flexibility index (Phi) is 17.3. The molecule has 0 radical (unpaired) electrons. The molecule has 3 aromatic carbocycles. The van der Waals surface area contributed by atoms with Crippen LogP contribution in [0, 0.1) is 23.7 Å². The number of carbonyl (C=O) groups excluding carboxylic acids is 8. The molecule has 0 saturated carbocycles. The van der Waals surface area contributed by atoms with Gasteiger partial charge in [0.2, 0.25) is 23.6 Å². The van der Waals surface area contributed by atoms with Crippen molar-refractivity contribution >= 4 is 83.8 Å². The van der Waals surface area contributed by atoms with Gasteiger partial charge in [-0.1, -0.05) is 65.0 Å². The van der Waals surface area contributed by atoms with Crippen LogP contribution >= 0.6 is 0 Å². The number of likely N-dealkylation sites (tertiary alicyclic amines) is 1. The first-order valence-corrected chi connectivity index (χ1v) is 26.0. The lowest BCUT2D eigenvalue weighted by atomic mass is 9.82. The third kappa shape index (κ3) is 12.3. The largest absolute Gasteiger partial charge is 0.397 e. The number of hydrogen-bond donors (Lipinski definition) is 7. The van der Waals surface area contributed by atoms with Gasteiger partial charge in [-0.25, -0.2) is 8.42 Å². The van der Waals surface area contributed by atoms with Crippen molar-refractivity contribution in [2.75, 3.05) is 29.9 Å². The van der Waals surface area contributed by atoms with Crippen LogP contribution in [0.15, 0.2) is 64.4 Å². The summed E-state index contributed by atoms with van der Waals surface area (Å²) in [4.78, 5) is 107. The van der Waals surface area contributed by atoms with Crippen molar-refractivity contribution in [2.24, 2.45) is 29.4 Å². The molecule has 6 unspecified atom stereocenters. The third-order valence-corrected chi connectivity index (χ3v) is 15.1. The first kappa shape index (κ1) is 54.6. The lowest BCUT2D eigenvalue weighted by Gasteiger charge is -2.30. The van der Waals surface area contributed by atoms with Gasteiger partial charge in [0.25, 0.3) is 10.1 Å². The number of fused-ring (bicyclic) bond motifs is 2. The van der Waals surface area contributed by atoms with E-state index in [0.29, 0.717) is 12.8 Å². The van der Waals surface area contributed by atoms with E-state index < -0.39 is 131 Å². The van der Waals surface area contributed by atoms with Gasteiger partial charge < -0.3 is 37.6 Å². The summed E-state index contributed by atoms with van der Waals surface area (Å²) in [7, 11) is -9.17. The van der Waals surface area contributed by atoms with E-state index in [1.807, 2.05) is 0 Å². The highest BCUT2D eigenvalue weighted by Gasteiger charge is 2.40. The predicted octanol–water partition coefficient (Wildman–Crippen LogP) is 2.73. The van der Waals surface area contributed by atoms with Crippen LogP contribution < -0.4 is 32.7 Å². The van der Waals surface area contributed by atoms with Gasteiger partial charge in [0.1, 0.15) is 22.8 Å². The van der Waals surface area contributed by atoms with E-state index in [-0.39, 0.29) is 64.7 Å². The van der Waals surface area contributed by atoms with Gasteiger partial charge in [0, 0.05) is 54.6 Å². The molecule has 2 aliphatic rings. The average molecular weight is 1010 g/mol. The summed E-state index contributed by atoms with van der Waals surface area (Å²) in [5.41, 5.74) is 10.1. The lowest BCUT2D eigenvalue weighted by Crippen LogP contribution is -2.56. The standard InChI is InChI=1S/C48H61N7O13S2/c1-24(2)33(22-37(57)42(25(3)4)54-47(62)35-16-11-18-55(35)48(63)28(7)52-45(60)26(5)20-36(56)27(6)49)46(61)51-17-19-69(64,65)30-13-10-12-29(21-30)53-34-23-38(70(66,67)68)41(50)40-39(34)43(58)31-14-8-9-15-32(31)44(40)59/h8-10,12-15,21,23-28,33,35,42,53H,11,16-20,22,49-50H2,1-7H3,(H,51,61)(H,52,60)(H,54,62)(H,66,67,68). The number of nitrogens with one attached hydrogen (secondary N) is 4. The van der Waals surface area contributed by atoms with Crippen LogP contribution in [0.25, 0.3) is 0 Å². The molecule has 6 atom stereocenters. The van der Waals surface area contributed by atoms with Gasteiger partial charge in [-0.2, -0.15) is 8.42 Å². The van der Waals surface area contributed by atoms with Gasteiger partial charge in [-0.05, 0) is 62.8 Å². The van der Waals surface area contributed by atoms with Crippen molar-refractivity contribution in [3.8, 4) is 0 Å². The zero-order chi connectivity index (χ0) is 52.2. The minimum atomic E-state index is -5.02. The van der Waals surface area contributed by atoms with Crippen LogP contribution in [0.1, 0.15) is 106 Å². The van der Waals surface area contributed by atoms with Crippen LogP contribution in [0.5, 0.6) is 0 Å². The molecule has 0 bridgehead atoms. The number of nitrogen functional groups attached to an aromatic ring is 1. The fraction of sp³-hybridized carbons (Fsp3) is 0.458. The summed E-state index contributed by atoms with van der Waals surface area (Å²) < 4.78 is 62.0. The Bertz CT molecular complexity index is 2830. The SMILES string of the molecule is CC(N)C(=O)CC(C)C(=O)NC(C)C(=O)N1CCCC1C(=O)NC(C(=O)CC(C(=O)NCCS(=O)(=O)c1cccc(Nc2cc(S(=O)(=O)O)c(N)c3c2C(=O)c2ccccc2C3=O)c1)C(C)C)C(C)C. The second-order valence-corrected chi connectivity index (χ2v) is 22.1. The molecule has 70 heavy (non-hydrogen) atoms. The Morgan fingerprint density at radius 1 is 0.786 bits per heavy atom. The Hall–Kier alpha value is -6.36. The molecule has 3 aromatic rings. The Morgan fingerprint density at radius 3 is 2.00 bits per heavy atom. The summed E-state index contributed by atoms with van der Waals surface area (Å²) in [6.45, 7) is 11.3. The van der Waals surface area contributed by atoms with Gasteiger partial charge in [-0.3, -0.25) is 42.9 Å². The van der Waals surface area contributed by atoms with E-state index in [4.69, 9.17) is 11.5 Å². The van der Waals surface area contributed by atoms with Crippen LogP contribution in [0.3, 0.4) is 0 Å². The van der Waals surface area contributed by atoms with Gasteiger partial charge in [0.15, 0.2) is 27.2 Å². The maximum Gasteiger partial charge on any atom is 0.296 e. The zero-order valence-corrected chi connectivity index (χ0v) is 41.7. The van der Waals surface area contributed by atoms with E-state index in [1.54, 1.807) is 34.6 Å². The Morgan fingerprint density at radius 2 is 1.41 bits per heavy atom. The number of benzene rings is 3. The molecule has 0 aromatic heterocycles. The van der Waals surface area contributed by atoms with E-state index in [1.165, 1.54) is 67.3 Å². The maximum atomic E-state index is 13.9. The van der Waals surface area contributed by atoms with E-state index in [2.05, 4.69) is 21.3 Å². The topological polar surface area (TPSA) is 328 Å². The highest BCUT2D eigenvalue weighted by molar-refractivity contribution is 7.91. The number of sulfone groups is 1. The Balaban J connectivity index is 1.23. The molecule has 9 N–H and O–H groups in total. The van der Waals surface area contributed by atoms with E-state index in [0.717, 1.165) is 6.07 Å². The van der Waals surface area contributed by atoms with Crippen molar-refractivity contribution in [3.05, 3.63) is 76.9 Å². The molecule has 20 nitrogen and oxygen atoms in total. The summed E-state index contributed by atoms with van der Waals surface area (Å²) in [6, 6.07) is 8.24. The first-order valence-electron chi connectivity index (χ1n) is 22.9. The molecule has 5 rings (SSSR count). The number of carbonyl (C=O) groups is 8. The summed E-state index contributed by atoms with van der Waals surface area (Å²) in [6.07, 6.45) is 0.390. The summed E-state index contributed by atoms with van der Waals surface area (Å²) in [5.74, 6) is -7.50. The highest BCUT2D eigenvalue weighted by Crippen LogP contribution is 2.40. The molecule has 1 heterocycles. The molecule has 1 saturated heterocycles. The maximum absolute atomic E-state index is 13.9. The monoisotopic (exact) mass is 1010 g/mol. The van der Waals surface area contributed by atoms with Crippen molar-refractivity contribution < 1.29 is 59.7 Å². The Labute approximate surface area is 407 Å². The molecule has 22 heteroatoms. The van der Waals surface area contributed by atoms with Gasteiger partial charge in [-0.15, -0.1) is 0 Å². The van der Waals surface area contributed by atoms with Crippen LogP contribution in [-0.4, -0.2) is 116 Å². The quantitative estimate of drug-likeness (QED) is 0.0466. The number of ketones is 4. The minimum Gasteiger partial charge on any atom is -0.397 e. The minimum absolute atomic E-state index is 0.0221. The van der Waals surface area contributed by atoms with Gasteiger partial charge >= 0.3 is 0 Å². The molecular weight excluding hydrogens is 947 g/mol. The highest BCUT2D eigenvalue weighted by atomic mass is 32.2. The second kappa shape index (κ2) is 22.2. The lowest BCUT2D eigenvalue weighted by molar-refractivity contribution is -0.142. The van der Waals surface area contributed by atoms with Gasteiger partial charge in [0.05, 0.1) is 45.2 Å². The number of hydrogen-bond acceptors (Lipinski definition) is 15. The van der Waals surface area contributed by atoms with Crippen LogP contribution in [0.4, 0.5) is 17.1 Å². The summed E-state index contributed by atoms with van der Waals surface area (Å²) >= 11 is 0. The molecule has 1 fully saturated rings. The molecule has 4 amide bonds. The average Bonchev–Trinajstić information content (AvgIpc) is 3.79. The van der Waals surface area contributed by atoms with E-state index in [9.17, 15) is 59.7 Å². The first-order chi connectivity index (χ1) is 32.7. The fourth-order valence-corrected chi connectivity index (χ4v) is 10.3. The molecule has 1 aliphatic carbocycles. The normalized spacial score (nSPS) is 16.9. The number of rotatable bonds is 21. The molecule has 378 valence electrons. The number of Topliss-reactive ketones (excluding diaryl/α,β-unsaturated/α-hetero) is 2. The van der Waals surface area contributed by atoms with Crippen LogP contribution in [0.2, 0.25) is 0 Å². The van der Waals surface area contributed by atoms with Crippen LogP contribution in [-0.2, 0) is 48.7 Å². The third-order valence-electron chi connectivity index (χ3n) is 12.5. The predicted molar refractivity (Wildman–Crippen MR) is 258 cm³/mol. The second-order valence-electron chi connectivity index (χ2n) is 18.6. The van der Waals surface area contributed by atoms with Crippen molar-refractivity contribution in [1.29, 1.82) is 0 Å². The molecule has 0 spiro atoms. The number of amides is 4. The summed E-state index contributed by atoms with van der Waals surface area (Å²) in [5, 5.41) is 10.8. The van der Waals surface area contributed by atoms with E-state index >= 15 is 0 Å².